The van der Waals surface area contributed by atoms with Crippen LogP contribution in [0.4, 0.5) is 0 Å². The lowest BCUT2D eigenvalue weighted by Gasteiger charge is -1.98. The first-order valence-corrected chi connectivity index (χ1v) is 7.28. The van der Waals surface area contributed by atoms with E-state index < -0.39 is 0 Å². The number of aryl methyl sites for hydroxylation is 2. The Kier molecular flexibility index (Phi) is 5.37. The summed E-state index contributed by atoms with van der Waals surface area (Å²) in [6.45, 7) is 4.32. The smallest absolute Gasteiger partial charge is 0.0256 e. The van der Waals surface area contributed by atoms with Crippen LogP contribution in [0.15, 0.2) is 60.7 Å². The largest absolute Gasteiger partial charge is 0.0651 e. The number of rotatable bonds is 5. The van der Waals surface area contributed by atoms with Gasteiger partial charge in [-0.1, -0.05) is 91.7 Å². The molecule has 0 atom stereocenters. The zero-order chi connectivity index (χ0) is 14.2. The molecule has 0 N–H and O–H groups in total. The lowest BCUT2D eigenvalue weighted by Crippen LogP contribution is -1.82. The van der Waals surface area contributed by atoms with Crippen LogP contribution in [0.5, 0.6) is 0 Å². The van der Waals surface area contributed by atoms with Crippen molar-refractivity contribution in [3.05, 3.63) is 82.9 Å². The lowest BCUT2D eigenvalue weighted by molar-refractivity contribution is 0.922. The maximum atomic E-state index is 2.22. The zero-order valence-electron chi connectivity index (χ0n) is 12.3. The molecule has 102 valence electrons. The zero-order valence-corrected chi connectivity index (χ0v) is 12.3. The summed E-state index contributed by atoms with van der Waals surface area (Å²) in [5.41, 5.74) is 5.20. The SMILES string of the molecule is CCCc1ccc(C=CC=Cc2ccc(C)cc2)cc1. The second-order valence-electron chi connectivity index (χ2n) is 5.12. The van der Waals surface area contributed by atoms with Crippen molar-refractivity contribution in [3.63, 3.8) is 0 Å². The van der Waals surface area contributed by atoms with Crippen LogP contribution in [0, 0.1) is 6.92 Å². The fourth-order valence-electron chi connectivity index (χ4n) is 2.09. The summed E-state index contributed by atoms with van der Waals surface area (Å²) in [6, 6.07) is 17.3. The van der Waals surface area contributed by atoms with E-state index in [0.717, 1.165) is 6.42 Å². The van der Waals surface area contributed by atoms with E-state index in [1.165, 1.54) is 28.7 Å². The van der Waals surface area contributed by atoms with Crippen molar-refractivity contribution in [2.24, 2.45) is 0 Å². The summed E-state index contributed by atoms with van der Waals surface area (Å²) < 4.78 is 0. The molecule has 0 radical (unpaired) electrons. The molecule has 0 fully saturated rings. The molecular formula is C20H22. The Balaban J connectivity index is 1.94. The first kappa shape index (κ1) is 14.3. The van der Waals surface area contributed by atoms with Gasteiger partial charge in [-0.05, 0) is 30.0 Å². The Labute approximate surface area is 122 Å². The van der Waals surface area contributed by atoms with Gasteiger partial charge >= 0.3 is 0 Å². The molecule has 0 aromatic heterocycles. The highest BCUT2D eigenvalue weighted by Crippen LogP contribution is 2.09. The van der Waals surface area contributed by atoms with E-state index in [9.17, 15) is 0 Å². The third-order valence-electron chi connectivity index (χ3n) is 3.28. The van der Waals surface area contributed by atoms with Gasteiger partial charge in [-0.15, -0.1) is 0 Å². The molecule has 20 heavy (non-hydrogen) atoms. The molecule has 0 saturated carbocycles. The van der Waals surface area contributed by atoms with Gasteiger partial charge in [-0.25, -0.2) is 0 Å². The van der Waals surface area contributed by atoms with Gasteiger partial charge in [0.25, 0.3) is 0 Å². The van der Waals surface area contributed by atoms with Crippen molar-refractivity contribution in [2.45, 2.75) is 26.7 Å². The molecule has 0 aliphatic heterocycles. The first-order chi connectivity index (χ1) is 9.78. The average Bonchev–Trinajstić information content (AvgIpc) is 2.47. The minimum Gasteiger partial charge on any atom is -0.0651 e. The molecule has 2 rings (SSSR count). The highest BCUT2D eigenvalue weighted by molar-refractivity contribution is 5.57. The summed E-state index contributed by atoms with van der Waals surface area (Å²) in [6.07, 6.45) is 10.8. The topological polar surface area (TPSA) is 0 Å². The van der Waals surface area contributed by atoms with Crippen molar-refractivity contribution in [1.29, 1.82) is 0 Å². The average molecular weight is 262 g/mol. The molecule has 0 aliphatic rings. The summed E-state index contributed by atoms with van der Waals surface area (Å²) in [7, 11) is 0. The summed E-state index contributed by atoms with van der Waals surface area (Å²) in [5.74, 6) is 0. The minimum atomic E-state index is 1.16. The molecule has 0 aliphatic carbocycles. The second-order valence-corrected chi connectivity index (χ2v) is 5.12. The van der Waals surface area contributed by atoms with Crippen LogP contribution in [0.3, 0.4) is 0 Å². The van der Waals surface area contributed by atoms with E-state index in [2.05, 4.69) is 86.7 Å². The molecule has 0 nitrogen and oxygen atoms in total. The van der Waals surface area contributed by atoms with Crippen molar-refractivity contribution >= 4 is 12.2 Å². The van der Waals surface area contributed by atoms with Gasteiger partial charge in [0.05, 0.1) is 0 Å². The van der Waals surface area contributed by atoms with Gasteiger partial charge in [0.15, 0.2) is 0 Å². The van der Waals surface area contributed by atoms with Gasteiger partial charge in [0, 0.05) is 0 Å². The standard InChI is InChI=1S/C20H22/c1-3-6-18-13-15-20(16-14-18)8-5-4-7-19-11-9-17(2)10-12-19/h4-5,7-16H,3,6H2,1-2H3. The van der Waals surface area contributed by atoms with Gasteiger partial charge in [0.2, 0.25) is 0 Å². The van der Waals surface area contributed by atoms with Crippen molar-refractivity contribution in [2.75, 3.05) is 0 Å². The van der Waals surface area contributed by atoms with E-state index in [-0.39, 0.29) is 0 Å². The predicted octanol–water partition coefficient (Wildman–Crippen LogP) is 5.67. The Bertz CT molecular complexity index is 568. The van der Waals surface area contributed by atoms with Crippen molar-refractivity contribution < 1.29 is 0 Å². The Morgan fingerprint density at radius 1 is 0.750 bits per heavy atom. The maximum absolute atomic E-state index is 2.22. The van der Waals surface area contributed by atoms with Crippen LogP contribution in [0.2, 0.25) is 0 Å². The summed E-state index contributed by atoms with van der Waals surface area (Å²) >= 11 is 0. The fraction of sp³-hybridized carbons (Fsp3) is 0.200. The summed E-state index contributed by atoms with van der Waals surface area (Å²) in [5, 5.41) is 0. The minimum absolute atomic E-state index is 1.16. The lowest BCUT2D eigenvalue weighted by atomic mass is 10.1. The molecular weight excluding hydrogens is 240 g/mol. The number of hydrogen-bond donors (Lipinski definition) is 0. The highest BCUT2D eigenvalue weighted by Gasteiger charge is 1.90. The third kappa shape index (κ3) is 4.55. The fourth-order valence-corrected chi connectivity index (χ4v) is 2.09. The van der Waals surface area contributed by atoms with Gasteiger partial charge in [-0.2, -0.15) is 0 Å². The van der Waals surface area contributed by atoms with Gasteiger partial charge < -0.3 is 0 Å². The molecule has 0 heteroatoms. The van der Waals surface area contributed by atoms with E-state index >= 15 is 0 Å². The molecule has 0 saturated heterocycles. The molecule has 0 spiro atoms. The molecule has 0 amide bonds. The first-order valence-electron chi connectivity index (χ1n) is 7.28. The van der Waals surface area contributed by atoms with Gasteiger partial charge in [0.1, 0.15) is 0 Å². The Hall–Kier alpha value is -2.08. The van der Waals surface area contributed by atoms with Crippen LogP contribution in [-0.2, 0) is 6.42 Å². The van der Waals surface area contributed by atoms with Crippen molar-refractivity contribution in [3.8, 4) is 0 Å². The number of benzene rings is 2. The van der Waals surface area contributed by atoms with Gasteiger partial charge in [-0.3, -0.25) is 0 Å². The van der Waals surface area contributed by atoms with Crippen LogP contribution in [-0.4, -0.2) is 0 Å². The van der Waals surface area contributed by atoms with Crippen LogP contribution < -0.4 is 0 Å². The highest BCUT2D eigenvalue weighted by atomic mass is 14.0. The number of hydrogen-bond acceptors (Lipinski definition) is 0. The molecule has 0 bridgehead atoms. The van der Waals surface area contributed by atoms with E-state index in [1.807, 2.05) is 0 Å². The molecule has 2 aromatic rings. The number of allylic oxidation sites excluding steroid dienone is 2. The van der Waals surface area contributed by atoms with Crippen LogP contribution in [0.25, 0.3) is 12.2 Å². The van der Waals surface area contributed by atoms with E-state index in [4.69, 9.17) is 0 Å². The monoisotopic (exact) mass is 262 g/mol. The molecule has 2 aromatic carbocycles. The van der Waals surface area contributed by atoms with Crippen LogP contribution >= 0.6 is 0 Å². The summed E-state index contributed by atoms with van der Waals surface area (Å²) in [4.78, 5) is 0. The Morgan fingerprint density at radius 3 is 1.75 bits per heavy atom. The Morgan fingerprint density at radius 2 is 1.25 bits per heavy atom. The van der Waals surface area contributed by atoms with Crippen LogP contribution in [0.1, 0.15) is 35.6 Å². The molecule has 0 heterocycles. The molecule has 0 unspecified atom stereocenters. The van der Waals surface area contributed by atoms with E-state index in [0.29, 0.717) is 0 Å². The van der Waals surface area contributed by atoms with Crippen molar-refractivity contribution in [1.82, 2.24) is 0 Å². The second kappa shape index (κ2) is 7.49. The maximum Gasteiger partial charge on any atom is -0.0256 e. The van der Waals surface area contributed by atoms with E-state index in [1.54, 1.807) is 0 Å². The normalized spacial score (nSPS) is 11.5. The third-order valence-corrected chi connectivity index (χ3v) is 3.28. The predicted molar refractivity (Wildman–Crippen MR) is 89.7 cm³/mol. The quantitative estimate of drug-likeness (QED) is 0.609.